The van der Waals surface area contributed by atoms with Crippen molar-refractivity contribution >= 4 is 23.1 Å². The molecule has 6 rings (SSSR count). The predicted octanol–water partition coefficient (Wildman–Crippen LogP) is -2.76. The van der Waals surface area contributed by atoms with E-state index in [9.17, 15) is 4.79 Å². The van der Waals surface area contributed by atoms with Crippen molar-refractivity contribution in [1.29, 1.82) is 0 Å². The van der Waals surface area contributed by atoms with Gasteiger partial charge in [0.1, 0.15) is 11.6 Å². The number of nitrogens with two attached hydrogens (primary N) is 1. The fraction of sp³-hybridized carbons (Fsp3) is 0.652. The maximum atomic E-state index is 12.9. The number of ether oxygens (including phenoxy) is 1. The van der Waals surface area contributed by atoms with Crippen LogP contribution in [0.25, 0.3) is 0 Å². The molecule has 0 aliphatic heterocycles. The number of aromatic nitrogens is 3. The quantitative estimate of drug-likeness (QED) is 0.345. The molecule has 2 N–H and O–H groups in total. The van der Waals surface area contributed by atoms with E-state index < -0.39 is 0 Å². The van der Waals surface area contributed by atoms with Crippen LogP contribution in [0.15, 0.2) is 11.7 Å². The highest BCUT2D eigenvalue weighted by Gasteiger charge is 2.51. The van der Waals surface area contributed by atoms with Gasteiger partial charge in [-0.15, -0.1) is 0 Å². The number of aryl methyl sites for hydroxylation is 1. The summed E-state index contributed by atoms with van der Waals surface area (Å²) in [5.41, 5.74) is 10.3. The van der Waals surface area contributed by atoms with Crippen molar-refractivity contribution in [2.45, 2.75) is 58.9 Å². The van der Waals surface area contributed by atoms with E-state index in [1.54, 1.807) is 17.5 Å². The molecule has 4 aliphatic carbocycles. The van der Waals surface area contributed by atoms with Crippen LogP contribution >= 0.6 is 11.3 Å². The van der Waals surface area contributed by atoms with Crippen LogP contribution in [-0.4, -0.2) is 22.5 Å². The average Bonchev–Trinajstić information content (AvgIpc) is 3.03. The van der Waals surface area contributed by atoms with Crippen LogP contribution in [0.4, 0.5) is 5.82 Å². The summed E-state index contributed by atoms with van der Waals surface area (Å²) >= 11 is 1.70. The van der Waals surface area contributed by atoms with Crippen molar-refractivity contribution in [2.24, 2.45) is 29.6 Å². The number of anilines is 1. The third-order valence-corrected chi connectivity index (χ3v) is 8.73. The van der Waals surface area contributed by atoms with Crippen LogP contribution in [0.2, 0.25) is 0 Å². The van der Waals surface area contributed by atoms with Crippen molar-refractivity contribution in [2.75, 3.05) is 12.3 Å². The molecule has 0 aromatic carbocycles. The third-order valence-electron chi connectivity index (χ3n) is 7.59. The van der Waals surface area contributed by atoms with Gasteiger partial charge >= 0.3 is 5.97 Å². The molecule has 4 bridgehead atoms. The zero-order valence-electron chi connectivity index (χ0n) is 18.6. The van der Waals surface area contributed by atoms with Gasteiger partial charge in [-0.3, -0.25) is 4.79 Å². The molecule has 32 heavy (non-hydrogen) atoms. The Balaban J connectivity index is 0.00000144. The van der Waals surface area contributed by atoms with Crippen LogP contribution in [0.1, 0.15) is 54.1 Å². The molecule has 0 unspecified atom stereocenters. The SMILES string of the molecule is Cc1ncc(C[n+]2csc(CCOC(=O)C3C4CC5CC(C4)CC3C5)c2C)c(N)n1.[Cl-].[Cl-]. The molecule has 176 valence electrons. The van der Waals surface area contributed by atoms with Crippen molar-refractivity contribution in [3.05, 3.63) is 33.7 Å². The number of rotatable bonds is 6. The first-order valence-electron chi connectivity index (χ1n) is 11.2. The lowest BCUT2D eigenvalue weighted by Crippen LogP contribution is -3.00. The molecule has 2 aromatic heterocycles. The molecule has 2 aromatic rings. The number of carbonyl (C=O) groups excluding carboxylic acids is 1. The lowest BCUT2D eigenvalue weighted by atomic mass is 9.52. The van der Waals surface area contributed by atoms with Crippen molar-refractivity contribution in [1.82, 2.24) is 9.97 Å². The minimum absolute atomic E-state index is 0. The second kappa shape index (κ2) is 10.2. The predicted molar refractivity (Wildman–Crippen MR) is 115 cm³/mol. The Kier molecular flexibility index (Phi) is 8.05. The highest BCUT2D eigenvalue weighted by atomic mass is 35.5. The fourth-order valence-electron chi connectivity index (χ4n) is 6.32. The molecule has 0 saturated heterocycles. The molecular weight excluding hydrogens is 467 g/mol. The minimum Gasteiger partial charge on any atom is -1.00 e. The molecule has 6 nitrogen and oxygen atoms in total. The monoisotopic (exact) mass is 497 g/mol. The summed E-state index contributed by atoms with van der Waals surface area (Å²) in [5.74, 6) is 4.38. The van der Waals surface area contributed by atoms with Crippen LogP contribution in [-0.2, 0) is 22.5 Å². The van der Waals surface area contributed by atoms with E-state index in [-0.39, 0.29) is 36.7 Å². The van der Waals surface area contributed by atoms with Gasteiger partial charge in [0, 0.05) is 19.5 Å². The van der Waals surface area contributed by atoms with E-state index in [1.807, 2.05) is 6.92 Å². The lowest BCUT2D eigenvalue weighted by molar-refractivity contribution is -0.689. The number of carbonyl (C=O) groups is 1. The van der Waals surface area contributed by atoms with Crippen molar-refractivity contribution < 1.29 is 38.9 Å². The number of nitrogens with zero attached hydrogens (tertiary/aromatic N) is 3. The van der Waals surface area contributed by atoms with E-state index in [0.29, 0.717) is 36.6 Å². The number of thiazole rings is 1. The van der Waals surface area contributed by atoms with Gasteiger partial charge in [0.15, 0.2) is 12.2 Å². The number of hydrogen-bond donors (Lipinski definition) is 1. The van der Waals surface area contributed by atoms with Crippen LogP contribution in [0.5, 0.6) is 0 Å². The zero-order valence-corrected chi connectivity index (χ0v) is 20.9. The Hall–Kier alpha value is -1.44. The van der Waals surface area contributed by atoms with E-state index >= 15 is 0 Å². The Morgan fingerprint density at radius 2 is 1.81 bits per heavy atom. The Bertz CT molecular complexity index is 939. The summed E-state index contributed by atoms with van der Waals surface area (Å²) in [5, 5.41) is 0. The Labute approximate surface area is 206 Å². The van der Waals surface area contributed by atoms with Crippen LogP contribution in [0.3, 0.4) is 0 Å². The number of halogens is 2. The van der Waals surface area contributed by atoms with Gasteiger partial charge < -0.3 is 35.3 Å². The van der Waals surface area contributed by atoms with Crippen molar-refractivity contribution in [3.63, 3.8) is 0 Å². The molecule has 0 amide bonds. The standard InChI is InChI=1S/C23H31N4O2S.2ClH/c1-13-20(30-12-27(13)11-19-10-25-14(2)26-22(19)24)3-4-29-23(28)21-17-6-15-5-16(8-17)9-18(21)7-15;;/h10,12,15-18,21H,3-9,11H2,1-2H3,(H2,24,25,26);2*1H/q+1;;/p-2. The first-order valence-corrected chi connectivity index (χ1v) is 12.1. The first-order chi connectivity index (χ1) is 14.5. The van der Waals surface area contributed by atoms with E-state index in [4.69, 9.17) is 10.5 Å². The molecule has 0 atom stereocenters. The van der Waals surface area contributed by atoms with Gasteiger partial charge in [-0.25, -0.2) is 9.97 Å². The van der Waals surface area contributed by atoms with Crippen LogP contribution < -0.4 is 35.1 Å². The summed E-state index contributed by atoms with van der Waals surface area (Å²) in [6.07, 6.45) is 8.99. The third kappa shape index (κ3) is 4.90. The van der Waals surface area contributed by atoms with Crippen molar-refractivity contribution in [3.8, 4) is 0 Å². The fourth-order valence-corrected chi connectivity index (χ4v) is 7.29. The lowest BCUT2D eigenvalue weighted by Gasteiger charge is -2.53. The molecular formula is C23H31Cl2N4O2S-. The van der Waals surface area contributed by atoms with Gasteiger partial charge in [0.05, 0.1) is 23.0 Å². The van der Waals surface area contributed by atoms with Gasteiger partial charge in [-0.2, -0.15) is 4.57 Å². The van der Waals surface area contributed by atoms with Gasteiger partial charge in [0.2, 0.25) is 5.51 Å². The normalized spacial score (nSPS) is 27.5. The number of hydrogen-bond acceptors (Lipinski definition) is 6. The maximum Gasteiger partial charge on any atom is 0.309 e. The molecule has 4 saturated carbocycles. The second-order valence-corrected chi connectivity index (χ2v) is 10.5. The average molecular weight is 499 g/mol. The summed E-state index contributed by atoms with van der Waals surface area (Å²) < 4.78 is 7.98. The maximum absolute atomic E-state index is 12.9. The molecule has 4 aliphatic rings. The Morgan fingerprint density at radius 1 is 1.16 bits per heavy atom. The summed E-state index contributed by atoms with van der Waals surface area (Å²) in [7, 11) is 0. The molecule has 9 heteroatoms. The van der Waals surface area contributed by atoms with Gasteiger partial charge in [-0.1, -0.05) is 11.3 Å². The van der Waals surface area contributed by atoms with E-state index in [1.165, 1.54) is 42.7 Å². The summed E-state index contributed by atoms with van der Waals surface area (Å²) in [4.78, 5) is 22.6. The molecule has 4 fully saturated rings. The molecule has 0 radical (unpaired) electrons. The smallest absolute Gasteiger partial charge is 0.309 e. The highest BCUT2D eigenvalue weighted by molar-refractivity contribution is 7.09. The minimum atomic E-state index is 0. The van der Waals surface area contributed by atoms with Gasteiger partial charge in [0.25, 0.3) is 0 Å². The zero-order chi connectivity index (χ0) is 20.8. The molecule has 0 spiro atoms. The largest absolute Gasteiger partial charge is 1.00 e. The number of nitrogen functional groups attached to an aromatic ring is 1. The molecule has 2 heterocycles. The summed E-state index contributed by atoms with van der Waals surface area (Å²) in [6, 6.07) is 0. The van der Waals surface area contributed by atoms with E-state index in [0.717, 1.165) is 23.8 Å². The number of esters is 1. The second-order valence-electron chi connectivity index (χ2n) is 9.56. The van der Waals surface area contributed by atoms with Crippen LogP contribution in [0, 0.1) is 43.4 Å². The van der Waals surface area contributed by atoms with E-state index in [2.05, 4.69) is 27.0 Å². The summed E-state index contributed by atoms with van der Waals surface area (Å²) in [6.45, 7) is 5.07. The first kappa shape index (κ1) is 25.2. The Morgan fingerprint density at radius 3 is 2.44 bits per heavy atom. The topological polar surface area (TPSA) is 82.0 Å². The highest BCUT2D eigenvalue weighted by Crippen LogP contribution is 2.56. The van der Waals surface area contributed by atoms with Gasteiger partial charge in [-0.05, 0) is 62.7 Å².